The predicted octanol–water partition coefficient (Wildman–Crippen LogP) is 2.81. The predicted molar refractivity (Wildman–Crippen MR) is 62.1 cm³/mol. The van der Waals surface area contributed by atoms with Crippen LogP contribution in [0.2, 0.25) is 5.28 Å². The van der Waals surface area contributed by atoms with E-state index in [9.17, 15) is 4.39 Å². The van der Waals surface area contributed by atoms with Crippen LogP contribution < -0.4 is 0 Å². The van der Waals surface area contributed by atoms with Crippen molar-refractivity contribution in [1.29, 1.82) is 0 Å². The lowest BCUT2D eigenvalue weighted by Gasteiger charge is -2.03. The molecule has 0 aliphatic rings. The third kappa shape index (κ3) is 1.74. The van der Waals surface area contributed by atoms with Gasteiger partial charge < -0.3 is 0 Å². The lowest BCUT2D eigenvalue weighted by molar-refractivity contribution is 0.629. The fourth-order valence-electron chi connectivity index (χ4n) is 1.67. The molecule has 3 aromatic rings. The molecule has 1 aromatic carbocycles. The summed E-state index contributed by atoms with van der Waals surface area (Å²) in [4.78, 5) is 8.16. The molecule has 0 bridgehead atoms. The van der Waals surface area contributed by atoms with Gasteiger partial charge in [-0.05, 0) is 29.8 Å². The number of fused-ring (bicyclic) bond motifs is 1. The summed E-state index contributed by atoms with van der Waals surface area (Å²) in [6.45, 7) is 0. The van der Waals surface area contributed by atoms with Crippen molar-refractivity contribution < 1.29 is 4.39 Å². The summed E-state index contributed by atoms with van der Waals surface area (Å²) >= 11 is 5.83. The average molecular weight is 249 g/mol. The molecule has 0 aliphatic carbocycles. The maximum Gasteiger partial charge on any atom is 0.223 e. The number of halogens is 2. The Kier molecular flexibility index (Phi) is 2.26. The zero-order valence-corrected chi connectivity index (χ0v) is 9.24. The van der Waals surface area contributed by atoms with Crippen LogP contribution in [-0.4, -0.2) is 20.2 Å². The second kappa shape index (κ2) is 3.78. The Labute approximate surface area is 100 Å². The number of H-pyrrole nitrogens is 1. The standard InChI is InChI=1S/C11H6ClFN4/c12-11-16-9-2-1-7(13)3-8(9)10(17-11)6-4-14-15-5-6/h1-5H,(H,14,15). The van der Waals surface area contributed by atoms with Gasteiger partial charge in [-0.2, -0.15) is 5.10 Å². The largest absolute Gasteiger partial charge is 0.285 e. The number of hydrogen-bond acceptors (Lipinski definition) is 3. The minimum Gasteiger partial charge on any atom is -0.285 e. The van der Waals surface area contributed by atoms with Crippen LogP contribution in [0.15, 0.2) is 30.6 Å². The summed E-state index contributed by atoms with van der Waals surface area (Å²) in [6, 6.07) is 4.29. The van der Waals surface area contributed by atoms with Crippen LogP contribution >= 0.6 is 11.6 Å². The lowest BCUT2D eigenvalue weighted by Crippen LogP contribution is -1.91. The van der Waals surface area contributed by atoms with Crippen molar-refractivity contribution >= 4 is 22.5 Å². The van der Waals surface area contributed by atoms with Crippen LogP contribution in [0.4, 0.5) is 4.39 Å². The van der Waals surface area contributed by atoms with Gasteiger partial charge in [0.05, 0.1) is 17.4 Å². The number of hydrogen-bond donors (Lipinski definition) is 1. The molecule has 0 saturated carbocycles. The normalized spacial score (nSPS) is 10.9. The number of rotatable bonds is 1. The monoisotopic (exact) mass is 248 g/mol. The zero-order valence-electron chi connectivity index (χ0n) is 8.48. The van der Waals surface area contributed by atoms with Crippen molar-refractivity contribution in [3.05, 3.63) is 41.7 Å². The Morgan fingerprint density at radius 1 is 1.24 bits per heavy atom. The summed E-state index contributed by atoms with van der Waals surface area (Å²) < 4.78 is 13.2. The first-order valence-electron chi connectivity index (χ1n) is 4.86. The summed E-state index contributed by atoms with van der Waals surface area (Å²) in [6.07, 6.45) is 3.27. The maximum atomic E-state index is 13.2. The summed E-state index contributed by atoms with van der Waals surface area (Å²) in [7, 11) is 0. The van der Waals surface area contributed by atoms with Crippen LogP contribution in [0, 0.1) is 5.82 Å². The van der Waals surface area contributed by atoms with E-state index < -0.39 is 0 Å². The number of aromatic nitrogens is 4. The first kappa shape index (κ1) is 10.2. The molecular formula is C11H6ClFN4. The molecule has 0 unspecified atom stereocenters. The van der Waals surface area contributed by atoms with Crippen molar-refractivity contribution in [2.45, 2.75) is 0 Å². The van der Waals surface area contributed by atoms with Crippen LogP contribution in [0.3, 0.4) is 0 Å². The molecule has 1 N–H and O–H groups in total. The Balaban J connectivity index is 2.39. The van der Waals surface area contributed by atoms with Gasteiger partial charge in [0.25, 0.3) is 0 Å². The summed E-state index contributed by atoms with van der Waals surface area (Å²) in [5, 5.41) is 7.25. The smallest absolute Gasteiger partial charge is 0.223 e. The maximum absolute atomic E-state index is 13.2. The minimum absolute atomic E-state index is 0.125. The van der Waals surface area contributed by atoms with E-state index in [2.05, 4.69) is 20.2 Å². The van der Waals surface area contributed by atoms with E-state index >= 15 is 0 Å². The molecule has 0 fully saturated rings. The van der Waals surface area contributed by atoms with Gasteiger partial charge in [0, 0.05) is 17.1 Å². The minimum atomic E-state index is -0.340. The van der Waals surface area contributed by atoms with Crippen LogP contribution in [0.5, 0.6) is 0 Å². The molecule has 4 nitrogen and oxygen atoms in total. The van der Waals surface area contributed by atoms with Gasteiger partial charge in [-0.15, -0.1) is 0 Å². The van der Waals surface area contributed by atoms with Crippen LogP contribution in [0.25, 0.3) is 22.2 Å². The SMILES string of the molecule is Fc1ccc2nc(Cl)nc(-c3cn[nH]c3)c2c1. The Morgan fingerprint density at radius 3 is 2.88 bits per heavy atom. The Morgan fingerprint density at radius 2 is 2.12 bits per heavy atom. The lowest BCUT2D eigenvalue weighted by atomic mass is 10.1. The Bertz CT molecular complexity index is 681. The van der Waals surface area contributed by atoms with Crippen molar-refractivity contribution in [2.75, 3.05) is 0 Å². The zero-order chi connectivity index (χ0) is 11.8. The molecular weight excluding hydrogens is 243 g/mol. The van der Waals surface area contributed by atoms with Gasteiger partial charge >= 0.3 is 0 Å². The van der Waals surface area contributed by atoms with Crippen LogP contribution in [-0.2, 0) is 0 Å². The quantitative estimate of drug-likeness (QED) is 0.674. The highest BCUT2D eigenvalue weighted by Crippen LogP contribution is 2.26. The third-order valence-electron chi connectivity index (χ3n) is 2.40. The van der Waals surface area contributed by atoms with E-state index in [0.29, 0.717) is 16.6 Å². The van der Waals surface area contributed by atoms with Crippen LogP contribution in [0.1, 0.15) is 0 Å². The average Bonchev–Trinajstić information content (AvgIpc) is 2.82. The molecule has 0 radical (unpaired) electrons. The van der Waals surface area contributed by atoms with Gasteiger partial charge in [-0.3, -0.25) is 5.10 Å². The van der Waals surface area contributed by atoms with E-state index in [0.717, 1.165) is 5.56 Å². The second-order valence-corrected chi connectivity index (χ2v) is 3.83. The van der Waals surface area contributed by atoms with Gasteiger partial charge in [-0.1, -0.05) is 0 Å². The molecule has 2 heterocycles. The first-order chi connectivity index (χ1) is 8.24. The Hall–Kier alpha value is -2.01. The summed E-state index contributed by atoms with van der Waals surface area (Å²) in [5.74, 6) is -0.340. The molecule has 0 spiro atoms. The highest BCUT2D eigenvalue weighted by atomic mass is 35.5. The van der Waals surface area contributed by atoms with E-state index in [1.54, 1.807) is 18.5 Å². The van der Waals surface area contributed by atoms with Crippen molar-refractivity contribution in [3.63, 3.8) is 0 Å². The fraction of sp³-hybridized carbons (Fsp3) is 0. The second-order valence-electron chi connectivity index (χ2n) is 3.49. The van der Waals surface area contributed by atoms with Gasteiger partial charge in [0.2, 0.25) is 5.28 Å². The molecule has 6 heteroatoms. The molecule has 2 aromatic heterocycles. The molecule has 3 rings (SSSR count). The van der Waals surface area contributed by atoms with Gasteiger partial charge in [-0.25, -0.2) is 14.4 Å². The highest BCUT2D eigenvalue weighted by molar-refractivity contribution is 6.28. The highest BCUT2D eigenvalue weighted by Gasteiger charge is 2.10. The van der Waals surface area contributed by atoms with E-state index in [-0.39, 0.29) is 11.1 Å². The van der Waals surface area contributed by atoms with Gasteiger partial charge in [0.1, 0.15) is 5.82 Å². The van der Waals surface area contributed by atoms with Gasteiger partial charge in [0.15, 0.2) is 0 Å². The van der Waals surface area contributed by atoms with E-state index in [4.69, 9.17) is 11.6 Å². The molecule has 0 saturated heterocycles. The number of benzene rings is 1. The topological polar surface area (TPSA) is 54.5 Å². The molecule has 0 amide bonds. The van der Waals surface area contributed by atoms with E-state index in [1.807, 2.05) is 0 Å². The van der Waals surface area contributed by atoms with Crippen molar-refractivity contribution in [3.8, 4) is 11.3 Å². The molecule has 17 heavy (non-hydrogen) atoms. The summed E-state index contributed by atoms with van der Waals surface area (Å²) in [5.41, 5.74) is 1.90. The molecule has 0 atom stereocenters. The number of nitrogens with one attached hydrogen (secondary N) is 1. The fourth-order valence-corrected chi connectivity index (χ4v) is 1.85. The first-order valence-corrected chi connectivity index (χ1v) is 5.24. The number of aromatic amines is 1. The molecule has 0 aliphatic heterocycles. The van der Waals surface area contributed by atoms with E-state index in [1.165, 1.54) is 12.1 Å². The van der Waals surface area contributed by atoms with Crippen molar-refractivity contribution in [1.82, 2.24) is 20.2 Å². The van der Waals surface area contributed by atoms with Crippen molar-refractivity contribution in [2.24, 2.45) is 0 Å². The molecule has 84 valence electrons. The number of nitrogens with zero attached hydrogens (tertiary/aromatic N) is 3. The third-order valence-corrected chi connectivity index (χ3v) is 2.57.